The Balaban J connectivity index is 1.45. The molecule has 0 saturated heterocycles. The molecule has 31 heavy (non-hydrogen) atoms. The lowest BCUT2D eigenvalue weighted by molar-refractivity contribution is 0.201. The molecule has 0 aliphatic carbocycles. The third-order valence-electron chi connectivity index (χ3n) is 4.92. The Kier molecular flexibility index (Phi) is 6.74. The van der Waals surface area contributed by atoms with Crippen molar-refractivity contribution in [2.75, 3.05) is 6.54 Å². The molecule has 8 heteroatoms. The number of rotatable bonds is 9. The van der Waals surface area contributed by atoms with Crippen LogP contribution in [-0.2, 0) is 19.5 Å². The van der Waals surface area contributed by atoms with Gasteiger partial charge in [0.05, 0.1) is 23.7 Å². The van der Waals surface area contributed by atoms with Crippen LogP contribution in [0.5, 0.6) is 0 Å². The second-order valence-corrected chi connectivity index (χ2v) is 7.66. The first-order valence-electron chi connectivity index (χ1n) is 10.4. The molecule has 4 aromatic rings. The Morgan fingerprint density at radius 1 is 0.935 bits per heavy atom. The molecule has 0 aliphatic heterocycles. The number of aromatic nitrogens is 4. The summed E-state index contributed by atoms with van der Waals surface area (Å²) in [6.45, 7) is 6.05. The van der Waals surface area contributed by atoms with Crippen LogP contribution < -0.4 is 0 Å². The van der Waals surface area contributed by atoms with E-state index in [0.29, 0.717) is 41.6 Å². The van der Waals surface area contributed by atoms with E-state index in [0.717, 1.165) is 30.5 Å². The van der Waals surface area contributed by atoms with Gasteiger partial charge in [0, 0.05) is 5.56 Å². The fraction of sp³-hybridized carbons (Fsp3) is 0.304. The number of benzene rings is 2. The largest absolute Gasteiger partial charge is 0.419 e. The number of aryl methyl sites for hydroxylation is 1. The zero-order valence-electron chi connectivity index (χ0n) is 17.6. The summed E-state index contributed by atoms with van der Waals surface area (Å²) in [5.74, 6) is 2.06. The summed E-state index contributed by atoms with van der Waals surface area (Å²) in [6.07, 6.45) is 1.96. The van der Waals surface area contributed by atoms with Crippen molar-refractivity contribution in [2.24, 2.45) is 0 Å². The van der Waals surface area contributed by atoms with Crippen LogP contribution in [0.4, 0.5) is 0 Å². The monoisotopic (exact) mass is 437 g/mol. The first kappa shape index (κ1) is 21.2. The summed E-state index contributed by atoms with van der Waals surface area (Å²) in [4.78, 5) is 6.70. The predicted molar refractivity (Wildman–Crippen MR) is 118 cm³/mol. The summed E-state index contributed by atoms with van der Waals surface area (Å²) in [5.41, 5.74) is 2.94. The first-order chi connectivity index (χ1) is 15.2. The quantitative estimate of drug-likeness (QED) is 0.346. The first-order valence-corrected chi connectivity index (χ1v) is 10.8. The maximum Gasteiger partial charge on any atom is 0.249 e. The molecule has 0 amide bonds. The average Bonchev–Trinajstić information content (AvgIpc) is 3.44. The van der Waals surface area contributed by atoms with Crippen molar-refractivity contribution >= 4 is 11.6 Å². The van der Waals surface area contributed by atoms with Crippen molar-refractivity contribution in [1.29, 1.82) is 0 Å². The van der Waals surface area contributed by atoms with Gasteiger partial charge in [-0.1, -0.05) is 67.0 Å². The van der Waals surface area contributed by atoms with Crippen molar-refractivity contribution < 1.29 is 8.94 Å². The van der Waals surface area contributed by atoms with Crippen molar-refractivity contribution in [1.82, 2.24) is 25.2 Å². The van der Waals surface area contributed by atoms with Crippen LogP contribution in [0.15, 0.2) is 57.5 Å². The zero-order chi connectivity index (χ0) is 21.6. The van der Waals surface area contributed by atoms with Gasteiger partial charge in [0.2, 0.25) is 23.5 Å². The Hall–Kier alpha value is -3.03. The van der Waals surface area contributed by atoms with Crippen LogP contribution in [0.3, 0.4) is 0 Å². The van der Waals surface area contributed by atoms with E-state index in [9.17, 15) is 0 Å². The number of hydrogen-bond donors (Lipinski definition) is 0. The van der Waals surface area contributed by atoms with E-state index in [1.165, 1.54) is 5.56 Å². The molecule has 160 valence electrons. The summed E-state index contributed by atoms with van der Waals surface area (Å²) >= 11 is 6.23. The number of nitrogens with zero attached hydrogens (tertiary/aromatic N) is 5. The van der Waals surface area contributed by atoms with Gasteiger partial charge >= 0.3 is 0 Å². The van der Waals surface area contributed by atoms with Gasteiger partial charge in [0.15, 0.2) is 0 Å². The van der Waals surface area contributed by atoms with Gasteiger partial charge in [-0.15, -0.1) is 10.2 Å². The van der Waals surface area contributed by atoms with E-state index in [2.05, 4.69) is 51.2 Å². The van der Waals surface area contributed by atoms with E-state index < -0.39 is 0 Å². The van der Waals surface area contributed by atoms with Crippen LogP contribution in [0.2, 0.25) is 5.02 Å². The third-order valence-corrected chi connectivity index (χ3v) is 5.25. The van der Waals surface area contributed by atoms with E-state index in [-0.39, 0.29) is 0 Å². The van der Waals surface area contributed by atoms with Crippen LogP contribution in [0.25, 0.3) is 22.8 Å². The third kappa shape index (κ3) is 5.18. The molecular formula is C23H24ClN5O2. The van der Waals surface area contributed by atoms with Crippen molar-refractivity contribution in [3.8, 4) is 22.8 Å². The lowest BCUT2D eigenvalue weighted by Gasteiger charge is -2.17. The molecule has 0 radical (unpaired) electrons. The van der Waals surface area contributed by atoms with Gasteiger partial charge in [-0.25, -0.2) is 0 Å². The minimum absolute atomic E-state index is 0.410. The van der Waals surface area contributed by atoms with E-state index in [4.69, 9.17) is 20.5 Å². The molecule has 0 atom stereocenters. The lowest BCUT2D eigenvalue weighted by atomic mass is 10.1. The van der Waals surface area contributed by atoms with Crippen LogP contribution in [0, 0.1) is 0 Å². The molecule has 2 heterocycles. The highest BCUT2D eigenvalue weighted by Gasteiger charge is 2.17. The molecule has 0 bridgehead atoms. The van der Waals surface area contributed by atoms with Gasteiger partial charge in [-0.2, -0.15) is 4.98 Å². The summed E-state index contributed by atoms with van der Waals surface area (Å²) in [6, 6.07) is 15.6. The van der Waals surface area contributed by atoms with Gasteiger partial charge in [-0.3, -0.25) is 4.90 Å². The number of hydrogen-bond acceptors (Lipinski definition) is 7. The normalized spacial score (nSPS) is 11.4. The molecule has 4 rings (SSSR count). The maximum absolute atomic E-state index is 6.23. The molecule has 0 saturated carbocycles. The van der Waals surface area contributed by atoms with Crippen molar-refractivity contribution in [3.63, 3.8) is 0 Å². The predicted octanol–water partition coefficient (Wildman–Crippen LogP) is 5.41. The summed E-state index contributed by atoms with van der Waals surface area (Å²) in [7, 11) is 0. The Morgan fingerprint density at radius 2 is 1.71 bits per heavy atom. The summed E-state index contributed by atoms with van der Waals surface area (Å²) in [5, 5.41) is 13.0. The molecule has 7 nitrogen and oxygen atoms in total. The molecule has 2 aromatic heterocycles. The van der Waals surface area contributed by atoms with E-state index >= 15 is 0 Å². The van der Waals surface area contributed by atoms with Gasteiger partial charge in [0.1, 0.15) is 0 Å². The smallest absolute Gasteiger partial charge is 0.249 e. The van der Waals surface area contributed by atoms with Gasteiger partial charge in [-0.05, 0) is 37.1 Å². The van der Waals surface area contributed by atoms with Crippen LogP contribution >= 0.6 is 11.6 Å². The minimum Gasteiger partial charge on any atom is -0.419 e. The topological polar surface area (TPSA) is 81.1 Å². The van der Waals surface area contributed by atoms with Gasteiger partial charge < -0.3 is 8.94 Å². The van der Waals surface area contributed by atoms with Crippen molar-refractivity contribution in [2.45, 2.75) is 39.8 Å². The second kappa shape index (κ2) is 9.85. The highest BCUT2D eigenvalue weighted by molar-refractivity contribution is 6.33. The highest BCUT2D eigenvalue weighted by Crippen LogP contribution is 2.26. The molecule has 2 aromatic carbocycles. The zero-order valence-corrected chi connectivity index (χ0v) is 18.3. The second-order valence-electron chi connectivity index (χ2n) is 7.25. The number of halogens is 1. The fourth-order valence-electron chi connectivity index (χ4n) is 3.30. The SMILES string of the molecule is CCCN(Cc1nc(-c2ccc(CC)cc2)no1)Cc1nnc(-c2ccccc2Cl)o1. The standard InChI is InChI=1S/C23H24ClN5O2/c1-3-13-29(15-21-26-27-23(30-21)18-7-5-6-8-19(18)24)14-20-25-22(28-31-20)17-11-9-16(4-2)10-12-17/h5-12H,3-4,13-15H2,1-2H3. The van der Waals surface area contributed by atoms with Gasteiger partial charge in [0.25, 0.3) is 0 Å². The fourth-order valence-corrected chi connectivity index (χ4v) is 3.52. The molecule has 0 unspecified atom stereocenters. The van der Waals surface area contributed by atoms with Crippen LogP contribution in [-0.4, -0.2) is 31.8 Å². The summed E-state index contributed by atoms with van der Waals surface area (Å²) < 4.78 is 11.3. The van der Waals surface area contributed by atoms with Crippen molar-refractivity contribution in [3.05, 3.63) is 70.9 Å². The molecule has 0 N–H and O–H groups in total. The van der Waals surface area contributed by atoms with Crippen LogP contribution in [0.1, 0.15) is 37.6 Å². The van der Waals surface area contributed by atoms with E-state index in [1.807, 2.05) is 30.3 Å². The minimum atomic E-state index is 0.410. The average molecular weight is 438 g/mol. The highest BCUT2D eigenvalue weighted by atomic mass is 35.5. The molecule has 0 spiro atoms. The Labute approximate surface area is 186 Å². The Bertz CT molecular complexity index is 1120. The van der Waals surface area contributed by atoms with E-state index in [1.54, 1.807) is 6.07 Å². The molecular weight excluding hydrogens is 414 g/mol. The lowest BCUT2D eigenvalue weighted by Crippen LogP contribution is -2.24. The molecule has 0 fully saturated rings. The molecule has 0 aliphatic rings. The Morgan fingerprint density at radius 3 is 2.45 bits per heavy atom. The maximum atomic E-state index is 6.23.